The first-order valence-corrected chi connectivity index (χ1v) is 9.37. The number of hydrogen-bond donors (Lipinski definition) is 1. The van der Waals surface area contributed by atoms with Crippen LogP contribution in [-0.2, 0) is 0 Å². The highest BCUT2D eigenvalue weighted by molar-refractivity contribution is 14.1. The highest BCUT2D eigenvalue weighted by Crippen LogP contribution is 2.32. The molecule has 0 amide bonds. The summed E-state index contributed by atoms with van der Waals surface area (Å²) < 4.78 is 1.94. The van der Waals surface area contributed by atoms with Crippen molar-refractivity contribution in [3.8, 4) is 5.75 Å². The summed E-state index contributed by atoms with van der Waals surface area (Å²) in [6.07, 6.45) is 4.25. The molecule has 1 aliphatic rings. The van der Waals surface area contributed by atoms with E-state index in [4.69, 9.17) is 0 Å². The van der Waals surface area contributed by atoms with Gasteiger partial charge < -0.3 is 10.0 Å². The third kappa shape index (κ3) is 3.56. The summed E-state index contributed by atoms with van der Waals surface area (Å²) in [5.41, 5.74) is 2.89. The molecule has 0 saturated carbocycles. The second-order valence-corrected chi connectivity index (χ2v) is 7.67. The number of anilines is 1. The van der Waals surface area contributed by atoms with Gasteiger partial charge in [-0.1, -0.05) is 12.1 Å². The Kier molecular flexibility index (Phi) is 5.22. The minimum atomic E-state index is 0.295. The molecule has 2 aromatic rings. The van der Waals surface area contributed by atoms with Gasteiger partial charge in [-0.25, -0.2) is 0 Å². The monoisotopic (exact) mass is 518 g/mol. The summed E-state index contributed by atoms with van der Waals surface area (Å²) in [5, 5.41) is 10.2. The molecule has 2 aromatic carbocycles. The van der Waals surface area contributed by atoms with Crippen LogP contribution in [0, 0.1) is 7.14 Å². The van der Waals surface area contributed by atoms with Gasteiger partial charge in [0, 0.05) is 28.4 Å². The first kappa shape index (κ1) is 16.0. The van der Waals surface area contributed by atoms with Crippen LogP contribution in [0.2, 0.25) is 0 Å². The molecule has 1 saturated heterocycles. The lowest BCUT2D eigenvalue weighted by atomic mass is 10.2. The average molecular weight is 518 g/mol. The number of phenols is 1. The Labute approximate surface area is 157 Å². The summed E-state index contributed by atoms with van der Waals surface area (Å²) in [7, 11) is 0. The van der Waals surface area contributed by atoms with Crippen molar-refractivity contribution in [2.24, 2.45) is 4.99 Å². The maximum Gasteiger partial charge on any atom is 0.137 e. The molecule has 3 rings (SSSR count). The van der Waals surface area contributed by atoms with Gasteiger partial charge in [0.2, 0.25) is 0 Å². The van der Waals surface area contributed by atoms with Crippen LogP contribution in [0.25, 0.3) is 0 Å². The number of rotatable bonds is 3. The fourth-order valence-electron chi connectivity index (χ4n) is 2.62. The van der Waals surface area contributed by atoms with Crippen LogP contribution in [0.1, 0.15) is 18.4 Å². The van der Waals surface area contributed by atoms with Crippen molar-refractivity contribution in [1.29, 1.82) is 0 Å². The third-order valence-corrected chi connectivity index (χ3v) is 5.17. The third-order valence-electron chi connectivity index (χ3n) is 3.73. The Bertz CT molecular complexity index is 710. The zero-order valence-corrected chi connectivity index (χ0v) is 16.3. The highest BCUT2D eigenvalue weighted by Gasteiger charge is 2.15. The van der Waals surface area contributed by atoms with E-state index in [-0.39, 0.29) is 0 Å². The Morgan fingerprint density at radius 1 is 1.09 bits per heavy atom. The number of aromatic hydroxyl groups is 1. The summed E-state index contributed by atoms with van der Waals surface area (Å²) in [4.78, 5) is 7.01. The molecule has 0 aliphatic carbocycles. The quantitative estimate of drug-likeness (QED) is 0.462. The lowest BCUT2D eigenvalue weighted by Gasteiger charge is -2.19. The number of hydrogen-bond acceptors (Lipinski definition) is 3. The molecule has 1 fully saturated rings. The van der Waals surface area contributed by atoms with E-state index < -0.39 is 0 Å². The zero-order valence-electron chi connectivity index (χ0n) is 12.0. The van der Waals surface area contributed by atoms with Gasteiger partial charge in [0.05, 0.1) is 14.9 Å². The van der Waals surface area contributed by atoms with E-state index in [1.807, 2.05) is 24.3 Å². The van der Waals surface area contributed by atoms with Gasteiger partial charge in [-0.15, -0.1) is 0 Å². The lowest BCUT2D eigenvalue weighted by molar-refractivity contribution is 0.470. The van der Waals surface area contributed by atoms with Crippen molar-refractivity contribution >= 4 is 62.8 Å². The van der Waals surface area contributed by atoms with Crippen molar-refractivity contribution in [2.45, 2.75) is 12.8 Å². The molecule has 22 heavy (non-hydrogen) atoms. The summed E-state index contributed by atoms with van der Waals surface area (Å²) >= 11 is 4.40. The van der Waals surface area contributed by atoms with Crippen LogP contribution in [0.5, 0.6) is 5.75 Å². The maximum atomic E-state index is 10.2. The van der Waals surface area contributed by atoms with Gasteiger partial charge in [-0.3, -0.25) is 4.99 Å². The minimum Gasteiger partial charge on any atom is -0.506 e. The van der Waals surface area contributed by atoms with Crippen molar-refractivity contribution in [3.63, 3.8) is 0 Å². The molecular formula is C17H16I2N2O. The standard InChI is InChI=1S/C17H16I2N2O/c18-13-9-12(17(22)14(19)10-13)11-20-15-5-1-2-6-16(15)21-7-3-4-8-21/h1-2,5-6,9-11,22H,3-4,7-8H2. The van der Waals surface area contributed by atoms with Gasteiger partial charge in [0.25, 0.3) is 0 Å². The number of benzene rings is 2. The van der Waals surface area contributed by atoms with Crippen molar-refractivity contribution in [2.75, 3.05) is 18.0 Å². The van der Waals surface area contributed by atoms with Gasteiger partial charge in [0.15, 0.2) is 0 Å². The van der Waals surface area contributed by atoms with E-state index in [0.717, 1.165) is 31.5 Å². The predicted octanol–water partition coefficient (Wildman–Crippen LogP) is 4.95. The second-order valence-electron chi connectivity index (χ2n) is 5.27. The Morgan fingerprint density at radius 2 is 1.82 bits per heavy atom. The van der Waals surface area contributed by atoms with Gasteiger partial charge >= 0.3 is 0 Å². The molecule has 0 spiro atoms. The topological polar surface area (TPSA) is 35.8 Å². The number of para-hydroxylation sites is 2. The van der Waals surface area contributed by atoms with Crippen LogP contribution in [0.3, 0.4) is 0 Å². The Morgan fingerprint density at radius 3 is 2.59 bits per heavy atom. The minimum absolute atomic E-state index is 0.295. The number of halogens is 2. The molecule has 0 radical (unpaired) electrons. The largest absolute Gasteiger partial charge is 0.506 e. The summed E-state index contributed by atoms with van der Waals surface area (Å²) in [5.74, 6) is 0.295. The first-order chi connectivity index (χ1) is 10.6. The number of aliphatic imine (C=N–C) groups is 1. The molecule has 114 valence electrons. The van der Waals surface area contributed by atoms with Crippen molar-refractivity contribution in [3.05, 3.63) is 49.1 Å². The average Bonchev–Trinajstić information content (AvgIpc) is 3.04. The van der Waals surface area contributed by atoms with E-state index in [2.05, 4.69) is 67.2 Å². The van der Waals surface area contributed by atoms with Gasteiger partial charge in [0.1, 0.15) is 5.75 Å². The summed E-state index contributed by atoms with van der Waals surface area (Å²) in [6.45, 7) is 2.19. The SMILES string of the molecule is Oc1c(I)cc(I)cc1C=Nc1ccccc1N1CCCC1. The van der Waals surface area contributed by atoms with Crippen LogP contribution in [0.15, 0.2) is 41.4 Å². The van der Waals surface area contributed by atoms with E-state index >= 15 is 0 Å². The number of nitrogens with zero attached hydrogens (tertiary/aromatic N) is 2. The van der Waals surface area contributed by atoms with Crippen molar-refractivity contribution in [1.82, 2.24) is 0 Å². The number of phenolic OH excluding ortho intramolecular Hbond substituents is 1. The first-order valence-electron chi connectivity index (χ1n) is 7.21. The Hall–Kier alpha value is -0.830. The molecule has 1 heterocycles. The molecule has 0 unspecified atom stereocenters. The second kappa shape index (κ2) is 7.16. The summed E-state index contributed by atoms with van der Waals surface area (Å²) in [6, 6.07) is 12.1. The van der Waals surface area contributed by atoms with Crippen LogP contribution < -0.4 is 4.90 Å². The van der Waals surface area contributed by atoms with Crippen LogP contribution in [0.4, 0.5) is 11.4 Å². The Balaban J connectivity index is 1.93. The highest BCUT2D eigenvalue weighted by atomic mass is 127. The van der Waals surface area contributed by atoms with Crippen LogP contribution in [-0.4, -0.2) is 24.4 Å². The molecule has 0 atom stereocenters. The fourth-order valence-corrected chi connectivity index (χ4v) is 4.51. The van der Waals surface area contributed by atoms with E-state index in [1.54, 1.807) is 6.21 Å². The molecule has 1 aliphatic heterocycles. The van der Waals surface area contributed by atoms with Gasteiger partial charge in [-0.2, -0.15) is 0 Å². The molecule has 3 nitrogen and oxygen atoms in total. The van der Waals surface area contributed by atoms with Crippen LogP contribution >= 0.6 is 45.2 Å². The van der Waals surface area contributed by atoms with E-state index in [9.17, 15) is 5.11 Å². The molecular weight excluding hydrogens is 502 g/mol. The molecule has 1 N–H and O–H groups in total. The normalized spacial score (nSPS) is 14.9. The molecule has 0 bridgehead atoms. The van der Waals surface area contributed by atoms with E-state index in [0.29, 0.717) is 5.75 Å². The van der Waals surface area contributed by atoms with Crippen molar-refractivity contribution < 1.29 is 5.11 Å². The molecule has 5 heteroatoms. The van der Waals surface area contributed by atoms with E-state index in [1.165, 1.54) is 18.5 Å². The fraction of sp³-hybridized carbons (Fsp3) is 0.235. The smallest absolute Gasteiger partial charge is 0.137 e. The van der Waals surface area contributed by atoms with Gasteiger partial charge in [-0.05, 0) is 82.3 Å². The maximum absolute atomic E-state index is 10.2. The zero-order chi connectivity index (χ0) is 15.5. The lowest BCUT2D eigenvalue weighted by Crippen LogP contribution is -2.17. The molecule has 0 aromatic heterocycles. The predicted molar refractivity (Wildman–Crippen MR) is 109 cm³/mol.